The number of hydrogen-bond donors (Lipinski definition) is 2. The highest BCUT2D eigenvalue weighted by Gasteiger charge is 2.33. The van der Waals surface area contributed by atoms with Crippen LogP contribution in [-0.2, 0) is 44.3 Å². The summed E-state index contributed by atoms with van der Waals surface area (Å²) < 4.78 is 77.4. The average molecular weight is 569 g/mol. The molecule has 0 aliphatic carbocycles. The van der Waals surface area contributed by atoms with E-state index >= 15 is 0 Å². The highest BCUT2D eigenvalue weighted by Crippen LogP contribution is 2.40. The second-order valence-electron chi connectivity index (χ2n) is 10.2. The summed E-state index contributed by atoms with van der Waals surface area (Å²) in [5, 5.41) is 1.79. The lowest BCUT2D eigenvalue weighted by Crippen LogP contribution is -2.45. The van der Waals surface area contributed by atoms with Gasteiger partial charge in [0.1, 0.15) is 35.3 Å². The van der Waals surface area contributed by atoms with Gasteiger partial charge in [-0.1, -0.05) is 18.2 Å². The number of carbonyl (C=O) groups is 1. The number of carbonyl (C=O) groups excluding carboxylic acids is 1. The molecule has 0 saturated carbocycles. The summed E-state index contributed by atoms with van der Waals surface area (Å²) in [5.74, 6) is 0.994. The van der Waals surface area contributed by atoms with Crippen molar-refractivity contribution in [2.75, 3.05) is 13.1 Å². The molecule has 3 aromatic rings. The predicted molar refractivity (Wildman–Crippen MR) is 142 cm³/mol. The van der Waals surface area contributed by atoms with Crippen LogP contribution in [0.2, 0.25) is 0 Å². The molecule has 9 nitrogen and oxygen atoms in total. The summed E-state index contributed by atoms with van der Waals surface area (Å²) >= 11 is 0. The highest BCUT2D eigenvalue weighted by atomic mass is 32.2. The Morgan fingerprint density at radius 1 is 0.923 bits per heavy atom. The first kappa shape index (κ1) is 25.9. The zero-order chi connectivity index (χ0) is 27.7. The van der Waals surface area contributed by atoms with Gasteiger partial charge in [0.2, 0.25) is 5.36 Å². The zero-order valence-corrected chi connectivity index (χ0v) is 22.7. The maximum Gasteiger partial charge on any atom is 0.295 e. The van der Waals surface area contributed by atoms with E-state index in [1.165, 1.54) is 13.0 Å². The van der Waals surface area contributed by atoms with Crippen molar-refractivity contribution in [3.05, 3.63) is 80.9 Å². The summed E-state index contributed by atoms with van der Waals surface area (Å²) in [5.41, 5.74) is 3.94. The third-order valence-corrected chi connectivity index (χ3v) is 9.26. The molecule has 0 fully saturated rings. The molecule has 39 heavy (non-hydrogen) atoms. The fraction of sp³-hybridized carbons (Fsp3) is 0.286. The van der Waals surface area contributed by atoms with Crippen molar-refractivity contribution in [2.45, 2.75) is 48.8 Å². The highest BCUT2D eigenvalue weighted by molar-refractivity contribution is 7.86. The van der Waals surface area contributed by atoms with Gasteiger partial charge >= 0.3 is 0 Å². The minimum Gasteiger partial charge on any atom is -0.456 e. The van der Waals surface area contributed by atoms with Crippen LogP contribution in [0.3, 0.4) is 0 Å². The Hall–Kier alpha value is -3.38. The van der Waals surface area contributed by atoms with Crippen LogP contribution in [0.15, 0.2) is 52.3 Å². The van der Waals surface area contributed by atoms with Crippen LogP contribution in [0.4, 0.5) is 0 Å². The Morgan fingerprint density at radius 3 is 2.33 bits per heavy atom. The van der Waals surface area contributed by atoms with Crippen molar-refractivity contribution in [3.8, 4) is 11.5 Å². The van der Waals surface area contributed by atoms with Gasteiger partial charge in [0.25, 0.3) is 20.2 Å². The number of ether oxygens (including phenoxy) is 1. The first-order valence-electron chi connectivity index (χ1n) is 12.6. The number of hydrogen-bond acceptors (Lipinski definition) is 6. The summed E-state index contributed by atoms with van der Waals surface area (Å²) in [6.07, 6.45) is 3.72. The summed E-state index contributed by atoms with van der Waals surface area (Å²) in [6.45, 7) is 3.38. The molecule has 0 saturated heterocycles. The van der Waals surface area contributed by atoms with Gasteiger partial charge in [0.15, 0.2) is 0 Å². The minimum atomic E-state index is -4.92. The Balaban J connectivity index is 1.76. The molecule has 0 aromatic heterocycles. The molecule has 0 bridgehead atoms. The third kappa shape index (κ3) is 4.49. The van der Waals surface area contributed by atoms with E-state index in [-0.39, 0.29) is 17.8 Å². The normalized spacial score (nSPS) is 16.2. The number of Topliss-reactive ketones (excluding diaryl/α,β-unsaturated/α-hetero) is 1. The van der Waals surface area contributed by atoms with E-state index in [1.54, 1.807) is 18.2 Å². The largest absolute Gasteiger partial charge is 0.456 e. The van der Waals surface area contributed by atoms with Crippen LogP contribution in [-0.4, -0.2) is 44.8 Å². The van der Waals surface area contributed by atoms with E-state index in [9.17, 15) is 30.7 Å². The Kier molecular flexibility index (Phi) is 6.03. The number of rotatable bonds is 5. The second kappa shape index (κ2) is 9.09. The molecule has 3 aromatic carbocycles. The van der Waals surface area contributed by atoms with Gasteiger partial charge in [-0.05, 0) is 49.6 Å². The molecule has 0 spiro atoms. The number of nitrogens with zero attached hydrogens (tertiary/aromatic N) is 1. The summed E-state index contributed by atoms with van der Waals surface area (Å²) in [4.78, 5) is 10.5. The molecule has 0 atom stereocenters. The van der Waals surface area contributed by atoms with Crippen LogP contribution in [0.1, 0.15) is 47.6 Å². The third-order valence-electron chi connectivity index (χ3n) is 7.52. The van der Waals surface area contributed by atoms with Crippen molar-refractivity contribution in [3.63, 3.8) is 0 Å². The first-order valence-corrected chi connectivity index (χ1v) is 15.5. The van der Waals surface area contributed by atoms with Gasteiger partial charge in [-0.25, -0.2) is 4.58 Å². The Morgan fingerprint density at radius 2 is 1.64 bits per heavy atom. The van der Waals surface area contributed by atoms with E-state index in [0.717, 1.165) is 73.0 Å². The van der Waals surface area contributed by atoms with Crippen LogP contribution in [0.5, 0.6) is 11.5 Å². The summed E-state index contributed by atoms with van der Waals surface area (Å²) in [6, 6.07) is 10.4. The molecule has 11 heteroatoms. The topological polar surface area (TPSA) is 138 Å². The quantitative estimate of drug-likeness (QED) is 0.276. The molecule has 3 aliphatic heterocycles. The van der Waals surface area contributed by atoms with Crippen molar-refractivity contribution >= 4 is 31.6 Å². The minimum absolute atomic E-state index is 0.0235. The monoisotopic (exact) mass is 568 g/mol. The molecule has 3 heterocycles. The van der Waals surface area contributed by atoms with E-state index < -0.39 is 30.0 Å². The molecule has 2 N–H and O–H groups in total. The molecular weight excluding hydrogens is 542 g/mol. The molecule has 0 unspecified atom stereocenters. The van der Waals surface area contributed by atoms with Crippen molar-refractivity contribution in [1.82, 2.24) is 4.58 Å². The molecule has 0 amide bonds. The van der Waals surface area contributed by atoms with Gasteiger partial charge in [-0.2, -0.15) is 16.8 Å². The van der Waals surface area contributed by atoms with Crippen LogP contribution in [0.25, 0.3) is 5.57 Å². The number of aryl methyl sites for hydroxylation is 1. The van der Waals surface area contributed by atoms with Crippen molar-refractivity contribution in [2.24, 2.45) is 0 Å². The van der Waals surface area contributed by atoms with Crippen LogP contribution < -0.4 is 19.9 Å². The smallest absolute Gasteiger partial charge is 0.295 e. The van der Waals surface area contributed by atoms with E-state index in [1.807, 2.05) is 6.07 Å². The second-order valence-corrected chi connectivity index (χ2v) is 13.0. The predicted octanol–water partition coefficient (Wildman–Crippen LogP) is 2.05. The molecular formula is C28H26NO8S2+. The zero-order valence-electron chi connectivity index (χ0n) is 21.1. The number of fused-ring (bicyclic) bond motifs is 3. The van der Waals surface area contributed by atoms with Gasteiger partial charge in [-0.3, -0.25) is 13.9 Å². The lowest BCUT2D eigenvalue weighted by Gasteiger charge is -2.27. The molecule has 0 radical (unpaired) electrons. The fourth-order valence-corrected chi connectivity index (χ4v) is 7.32. The van der Waals surface area contributed by atoms with Gasteiger partial charge in [0, 0.05) is 46.7 Å². The fourth-order valence-electron chi connectivity index (χ4n) is 6.02. The molecule has 6 rings (SSSR count). The number of benzene rings is 3. The van der Waals surface area contributed by atoms with Gasteiger partial charge in [0.05, 0.1) is 10.5 Å². The Labute approximate surface area is 225 Å². The van der Waals surface area contributed by atoms with Gasteiger partial charge in [-0.15, -0.1) is 0 Å². The summed E-state index contributed by atoms with van der Waals surface area (Å²) in [7, 11) is -9.65. The van der Waals surface area contributed by atoms with E-state index in [4.69, 9.17) is 4.74 Å². The SMILES string of the molecule is CC(=O)Cc1ccc2c(c1)Oc1c3c4c(cc1=C2c1ccc(S(=O)(=O)O)cc1S(=O)(=O)O)CCC[N+]=4CCC3. The van der Waals surface area contributed by atoms with Crippen molar-refractivity contribution in [1.29, 1.82) is 0 Å². The van der Waals surface area contributed by atoms with Crippen LogP contribution >= 0.6 is 0 Å². The average Bonchev–Trinajstić information content (AvgIpc) is 2.86. The van der Waals surface area contributed by atoms with Crippen LogP contribution in [0, 0.1) is 0 Å². The lowest BCUT2D eigenvalue weighted by atomic mass is 9.87. The standard InChI is InChI=1S/C28H25NO8S2/c1-16(30)12-17-6-8-20-24(13-17)37-28-22-5-3-11-29-10-2-4-18(27(22)29)14-23(28)26(20)21-9-7-19(38(31,32)33)15-25(21)39(34,35)36/h6-9,13-15H,2-5,10-12H2,1H3,(H-,31,32,33,34,35,36)/p+1. The van der Waals surface area contributed by atoms with E-state index in [0.29, 0.717) is 27.9 Å². The molecule has 202 valence electrons. The van der Waals surface area contributed by atoms with Gasteiger partial charge < -0.3 is 4.74 Å². The molecule has 3 aliphatic rings. The number of ketones is 1. The van der Waals surface area contributed by atoms with E-state index in [2.05, 4.69) is 4.58 Å². The van der Waals surface area contributed by atoms with Crippen molar-refractivity contribution < 1.29 is 35.5 Å². The Bertz CT molecular complexity index is 1940. The first-order chi connectivity index (χ1) is 18.4. The maximum absolute atomic E-state index is 12.6. The lowest BCUT2D eigenvalue weighted by molar-refractivity contribution is -0.116. The maximum atomic E-state index is 12.6.